The van der Waals surface area contributed by atoms with Crippen LogP contribution in [0.25, 0.3) is 11.5 Å². The number of thioether (sulfide) groups is 1. The van der Waals surface area contributed by atoms with Crippen molar-refractivity contribution >= 4 is 23.4 Å². The van der Waals surface area contributed by atoms with E-state index in [1.165, 1.54) is 23.9 Å². The van der Waals surface area contributed by atoms with Crippen molar-refractivity contribution in [2.45, 2.75) is 43.6 Å². The zero-order valence-corrected chi connectivity index (χ0v) is 18.9. The average molecular weight is 449 g/mol. The summed E-state index contributed by atoms with van der Waals surface area (Å²) < 4.78 is 15.0. The van der Waals surface area contributed by atoms with Gasteiger partial charge in [-0.1, -0.05) is 55.9 Å². The topological polar surface area (TPSA) is 59.8 Å². The van der Waals surface area contributed by atoms with Crippen LogP contribution in [0.2, 0.25) is 0 Å². The van der Waals surface area contributed by atoms with Crippen LogP contribution in [0.1, 0.15) is 37.4 Å². The van der Waals surface area contributed by atoms with Crippen molar-refractivity contribution in [3.8, 4) is 11.5 Å². The zero-order valence-electron chi connectivity index (χ0n) is 18.1. The van der Waals surface area contributed by atoms with Crippen LogP contribution in [0.15, 0.2) is 72.0 Å². The Morgan fingerprint density at radius 2 is 1.84 bits per heavy atom. The third kappa shape index (κ3) is 4.83. The molecule has 7 heteroatoms. The van der Waals surface area contributed by atoms with Crippen LogP contribution in [0.4, 0.5) is 10.1 Å². The predicted molar refractivity (Wildman–Crippen MR) is 126 cm³/mol. The number of anilines is 1. The minimum Gasteiger partial charge on any atom is -0.324 e. The molecule has 1 atom stereocenters. The minimum absolute atomic E-state index is 0.0746. The molecule has 164 valence electrons. The molecule has 32 heavy (non-hydrogen) atoms. The largest absolute Gasteiger partial charge is 0.324 e. The van der Waals surface area contributed by atoms with Gasteiger partial charge in [0.1, 0.15) is 17.6 Å². The van der Waals surface area contributed by atoms with E-state index in [0.29, 0.717) is 23.2 Å². The number of hydrogen-bond acceptors (Lipinski definition) is 4. The zero-order chi connectivity index (χ0) is 22.5. The maximum absolute atomic E-state index is 13.2. The van der Waals surface area contributed by atoms with Gasteiger partial charge in [0.25, 0.3) is 0 Å². The summed E-state index contributed by atoms with van der Waals surface area (Å²) in [6.45, 7) is 4.06. The Hall–Kier alpha value is -3.19. The van der Waals surface area contributed by atoms with Gasteiger partial charge < -0.3 is 9.88 Å². The van der Waals surface area contributed by atoms with E-state index in [0.717, 1.165) is 28.9 Å². The van der Waals surface area contributed by atoms with Crippen LogP contribution in [0.5, 0.6) is 0 Å². The summed E-state index contributed by atoms with van der Waals surface area (Å²) in [5.41, 5.74) is 3.69. The van der Waals surface area contributed by atoms with Gasteiger partial charge >= 0.3 is 0 Å². The molecule has 2 heterocycles. The second-order valence-corrected chi connectivity index (χ2v) is 8.41. The molecule has 0 saturated heterocycles. The van der Waals surface area contributed by atoms with Gasteiger partial charge in [-0.2, -0.15) is 0 Å². The van der Waals surface area contributed by atoms with Crippen LogP contribution in [0, 0.1) is 5.82 Å². The number of pyridine rings is 1. The maximum atomic E-state index is 13.2. The molecule has 0 spiro atoms. The fourth-order valence-corrected chi connectivity index (χ4v) is 4.45. The van der Waals surface area contributed by atoms with E-state index in [9.17, 15) is 9.18 Å². The third-order valence-electron chi connectivity index (χ3n) is 5.35. The SMILES string of the molecule is CCc1ccccc1NC(=O)C(CC)n1cccc2nc(SCc3ccc(F)cc3)nc1-2. The smallest absolute Gasteiger partial charge is 0.247 e. The van der Waals surface area contributed by atoms with E-state index >= 15 is 0 Å². The van der Waals surface area contributed by atoms with Crippen molar-refractivity contribution < 1.29 is 9.18 Å². The first-order valence-corrected chi connectivity index (χ1v) is 11.7. The molecule has 0 bridgehead atoms. The number of imidazole rings is 1. The number of fused-ring (bicyclic) bond motifs is 1. The number of hydrogen-bond donors (Lipinski definition) is 1. The van der Waals surface area contributed by atoms with Crippen LogP contribution < -0.4 is 5.32 Å². The lowest BCUT2D eigenvalue weighted by atomic mass is 10.1. The molecule has 0 radical (unpaired) electrons. The summed E-state index contributed by atoms with van der Waals surface area (Å²) in [5, 5.41) is 3.72. The first-order valence-electron chi connectivity index (χ1n) is 10.7. The molecule has 1 N–H and O–H groups in total. The number of nitrogens with one attached hydrogen (secondary N) is 1. The van der Waals surface area contributed by atoms with Crippen molar-refractivity contribution in [1.82, 2.24) is 14.5 Å². The second kappa shape index (κ2) is 9.96. The molecule has 0 aromatic heterocycles. The number of rotatable bonds is 8. The Morgan fingerprint density at radius 1 is 1.06 bits per heavy atom. The molecule has 0 saturated carbocycles. The molecule has 1 amide bonds. The number of para-hydroxylation sites is 1. The lowest BCUT2D eigenvalue weighted by molar-refractivity contribution is -0.119. The van der Waals surface area contributed by atoms with Crippen molar-refractivity contribution in [2.24, 2.45) is 0 Å². The van der Waals surface area contributed by atoms with Gasteiger partial charge in [-0.25, -0.2) is 14.4 Å². The molecule has 2 aliphatic heterocycles. The number of nitrogens with zero attached hydrogens (tertiary/aromatic N) is 3. The highest BCUT2D eigenvalue weighted by atomic mass is 32.2. The minimum atomic E-state index is -0.407. The number of aryl methyl sites for hydroxylation is 1. The van der Waals surface area contributed by atoms with E-state index in [-0.39, 0.29) is 11.7 Å². The fourth-order valence-electron chi connectivity index (χ4n) is 3.64. The Bertz CT molecular complexity index is 1170. The highest BCUT2D eigenvalue weighted by Crippen LogP contribution is 2.30. The summed E-state index contributed by atoms with van der Waals surface area (Å²) in [5.74, 6) is 0.997. The summed E-state index contributed by atoms with van der Waals surface area (Å²) in [4.78, 5) is 22.5. The Kier molecular flexibility index (Phi) is 6.85. The molecule has 1 unspecified atom stereocenters. The fraction of sp³-hybridized carbons (Fsp3) is 0.240. The molecular formula is C25H25FN4OS. The monoisotopic (exact) mass is 448 g/mol. The number of halogens is 1. The molecule has 0 aliphatic carbocycles. The molecule has 2 aliphatic rings. The van der Waals surface area contributed by atoms with Crippen molar-refractivity contribution in [1.29, 1.82) is 0 Å². The van der Waals surface area contributed by atoms with E-state index in [1.807, 2.05) is 54.1 Å². The number of benzene rings is 2. The highest BCUT2D eigenvalue weighted by Gasteiger charge is 2.24. The van der Waals surface area contributed by atoms with Crippen LogP contribution in [-0.2, 0) is 17.0 Å². The first kappa shape index (κ1) is 22.0. The first-order chi connectivity index (χ1) is 15.6. The summed E-state index contributed by atoms with van der Waals surface area (Å²) in [6, 6.07) is 17.7. The van der Waals surface area contributed by atoms with Crippen LogP contribution >= 0.6 is 11.8 Å². The maximum Gasteiger partial charge on any atom is 0.247 e. The van der Waals surface area contributed by atoms with E-state index in [2.05, 4.69) is 17.2 Å². The molecular weight excluding hydrogens is 423 g/mol. The van der Waals surface area contributed by atoms with Crippen LogP contribution in [0.3, 0.4) is 0 Å². The third-order valence-corrected chi connectivity index (χ3v) is 6.27. The Morgan fingerprint density at radius 3 is 2.59 bits per heavy atom. The number of carbonyl (C=O) groups is 1. The van der Waals surface area contributed by atoms with E-state index in [1.54, 1.807) is 12.1 Å². The van der Waals surface area contributed by atoms with Gasteiger partial charge in [-0.15, -0.1) is 0 Å². The Labute approximate surface area is 191 Å². The normalized spacial score (nSPS) is 12.1. The Balaban J connectivity index is 1.55. The molecule has 2 aromatic carbocycles. The second-order valence-electron chi connectivity index (χ2n) is 7.47. The summed E-state index contributed by atoms with van der Waals surface area (Å²) in [6.07, 6.45) is 3.35. The van der Waals surface area contributed by atoms with E-state index < -0.39 is 6.04 Å². The van der Waals surface area contributed by atoms with Gasteiger partial charge in [-0.05, 0) is 54.3 Å². The summed E-state index contributed by atoms with van der Waals surface area (Å²) in [7, 11) is 0. The molecule has 4 rings (SSSR count). The predicted octanol–water partition coefficient (Wildman–Crippen LogP) is 5.97. The quantitative estimate of drug-likeness (QED) is 0.338. The van der Waals surface area contributed by atoms with Gasteiger partial charge in [-0.3, -0.25) is 4.79 Å². The van der Waals surface area contributed by atoms with Gasteiger partial charge in [0.15, 0.2) is 11.0 Å². The number of amides is 1. The highest BCUT2D eigenvalue weighted by molar-refractivity contribution is 7.98. The van der Waals surface area contributed by atoms with Crippen molar-refractivity contribution in [3.63, 3.8) is 0 Å². The molecule has 0 fully saturated rings. The lowest BCUT2D eigenvalue weighted by Crippen LogP contribution is -2.27. The number of aromatic nitrogens is 3. The summed E-state index contributed by atoms with van der Waals surface area (Å²) >= 11 is 1.49. The lowest BCUT2D eigenvalue weighted by Gasteiger charge is -2.21. The average Bonchev–Trinajstić information content (AvgIpc) is 3.23. The van der Waals surface area contributed by atoms with Crippen molar-refractivity contribution in [2.75, 3.05) is 5.32 Å². The van der Waals surface area contributed by atoms with Gasteiger partial charge in [0.2, 0.25) is 5.91 Å². The van der Waals surface area contributed by atoms with Crippen molar-refractivity contribution in [3.05, 3.63) is 83.8 Å². The van der Waals surface area contributed by atoms with Gasteiger partial charge in [0, 0.05) is 17.6 Å². The van der Waals surface area contributed by atoms with Crippen LogP contribution in [-0.4, -0.2) is 20.4 Å². The van der Waals surface area contributed by atoms with Gasteiger partial charge in [0.05, 0.1) is 0 Å². The number of carbonyl (C=O) groups excluding carboxylic acids is 1. The van der Waals surface area contributed by atoms with E-state index in [4.69, 9.17) is 4.98 Å². The molecule has 2 aromatic rings. The molecule has 5 nitrogen and oxygen atoms in total. The standard InChI is InChI=1S/C25H25FN4OS/c1-3-18-8-5-6-9-20(18)27-24(31)22(4-2)30-15-7-10-21-23(30)29-25(28-21)32-16-17-11-13-19(26)14-12-17/h5-15,22H,3-4,16H2,1-2H3,(H,27,31).